The molecule has 0 amide bonds. The Hall–Kier alpha value is -1.61. The molecule has 0 spiro atoms. The molecule has 0 saturated carbocycles. The summed E-state index contributed by atoms with van der Waals surface area (Å²) < 4.78 is 6.01. The molecule has 1 aromatic carbocycles. The third-order valence-corrected chi connectivity index (χ3v) is 3.20. The number of rotatable bonds is 6. The van der Waals surface area contributed by atoms with E-state index in [1.807, 2.05) is 18.2 Å². The highest BCUT2D eigenvalue weighted by Crippen LogP contribution is 2.25. The fraction of sp³-hybridized carbons (Fsp3) is 0.471. The maximum atomic E-state index is 6.01. The van der Waals surface area contributed by atoms with Crippen LogP contribution in [0.5, 0.6) is 5.75 Å². The summed E-state index contributed by atoms with van der Waals surface area (Å²) in [6.07, 6.45) is 1.81. The number of ether oxygens (including phenoxy) is 1. The normalized spacial score (nSPS) is 12.1. The first-order chi connectivity index (χ1) is 9.48. The van der Waals surface area contributed by atoms with Gasteiger partial charge in [-0.25, -0.2) is 0 Å². The standard InChI is InChI=1S/C17H24N2O/c1-13(2)19-11-17(3,4)12-20-15-9-5-7-14-8-6-10-18-16(14)15/h5-10,13,19H,11-12H2,1-4H3. The fourth-order valence-electron chi connectivity index (χ4n) is 2.00. The van der Waals surface area contributed by atoms with Gasteiger partial charge >= 0.3 is 0 Å². The van der Waals surface area contributed by atoms with Crippen molar-refractivity contribution in [3.8, 4) is 5.75 Å². The molecule has 0 aliphatic heterocycles. The van der Waals surface area contributed by atoms with Crippen LogP contribution in [0.2, 0.25) is 0 Å². The second-order valence-corrected chi connectivity index (χ2v) is 6.32. The highest BCUT2D eigenvalue weighted by Gasteiger charge is 2.19. The van der Waals surface area contributed by atoms with Crippen molar-refractivity contribution >= 4 is 10.9 Å². The first-order valence-electron chi connectivity index (χ1n) is 7.18. The number of nitrogens with zero attached hydrogens (tertiary/aromatic N) is 1. The second-order valence-electron chi connectivity index (χ2n) is 6.32. The summed E-state index contributed by atoms with van der Waals surface area (Å²) in [7, 11) is 0. The van der Waals surface area contributed by atoms with E-state index < -0.39 is 0 Å². The van der Waals surface area contributed by atoms with Crippen LogP contribution in [-0.4, -0.2) is 24.2 Å². The van der Waals surface area contributed by atoms with E-state index in [4.69, 9.17) is 4.74 Å². The highest BCUT2D eigenvalue weighted by atomic mass is 16.5. The summed E-state index contributed by atoms with van der Waals surface area (Å²) >= 11 is 0. The van der Waals surface area contributed by atoms with Gasteiger partial charge in [-0.1, -0.05) is 45.9 Å². The Morgan fingerprint density at radius 3 is 2.70 bits per heavy atom. The van der Waals surface area contributed by atoms with Crippen LogP contribution < -0.4 is 10.1 Å². The van der Waals surface area contributed by atoms with E-state index in [0.717, 1.165) is 23.2 Å². The molecule has 0 radical (unpaired) electrons. The zero-order valence-corrected chi connectivity index (χ0v) is 12.8. The van der Waals surface area contributed by atoms with Crippen LogP contribution in [0.1, 0.15) is 27.7 Å². The van der Waals surface area contributed by atoms with E-state index in [-0.39, 0.29) is 5.41 Å². The number of hydrogen-bond donors (Lipinski definition) is 1. The Labute approximate surface area is 121 Å². The number of aromatic nitrogens is 1. The van der Waals surface area contributed by atoms with Gasteiger partial charge in [0.25, 0.3) is 0 Å². The van der Waals surface area contributed by atoms with Crippen molar-refractivity contribution in [2.24, 2.45) is 5.41 Å². The maximum absolute atomic E-state index is 6.01. The molecular weight excluding hydrogens is 248 g/mol. The fourth-order valence-corrected chi connectivity index (χ4v) is 2.00. The largest absolute Gasteiger partial charge is 0.491 e. The highest BCUT2D eigenvalue weighted by molar-refractivity contribution is 5.84. The van der Waals surface area contributed by atoms with Gasteiger partial charge in [0.05, 0.1) is 6.61 Å². The second kappa shape index (κ2) is 6.23. The van der Waals surface area contributed by atoms with Crippen molar-refractivity contribution < 1.29 is 4.74 Å². The summed E-state index contributed by atoms with van der Waals surface area (Å²) in [5, 5.41) is 4.58. The zero-order chi connectivity index (χ0) is 14.6. The molecular formula is C17H24N2O. The minimum absolute atomic E-state index is 0.0845. The van der Waals surface area contributed by atoms with Crippen LogP contribution in [0.3, 0.4) is 0 Å². The Balaban J connectivity index is 2.05. The zero-order valence-electron chi connectivity index (χ0n) is 12.8. The van der Waals surface area contributed by atoms with Crippen molar-refractivity contribution in [2.45, 2.75) is 33.7 Å². The molecule has 0 saturated heterocycles. The van der Waals surface area contributed by atoms with Gasteiger partial charge in [0.2, 0.25) is 0 Å². The van der Waals surface area contributed by atoms with Crippen LogP contribution in [0.25, 0.3) is 10.9 Å². The predicted molar refractivity (Wildman–Crippen MR) is 84.2 cm³/mol. The SMILES string of the molecule is CC(C)NCC(C)(C)COc1cccc2cccnc12. The van der Waals surface area contributed by atoms with Crippen molar-refractivity contribution in [1.82, 2.24) is 10.3 Å². The average Bonchev–Trinajstić information content (AvgIpc) is 2.43. The van der Waals surface area contributed by atoms with Crippen LogP contribution in [0.15, 0.2) is 36.5 Å². The summed E-state index contributed by atoms with van der Waals surface area (Å²) in [6, 6.07) is 10.6. The van der Waals surface area contributed by atoms with Gasteiger partial charge in [-0.15, -0.1) is 0 Å². The van der Waals surface area contributed by atoms with Crippen molar-refractivity contribution in [1.29, 1.82) is 0 Å². The minimum Gasteiger partial charge on any atom is -0.491 e. The predicted octanol–water partition coefficient (Wildman–Crippen LogP) is 3.64. The molecule has 0 atom stereocenters. The smallest absolute Gasteiger partial charge is 0.145 e. The van der Waals surface area contributed by atoms with Crippen LogP contribution in [-0.2, 0) is 0 Å². The molecule has 0 aliphatic rings. The van der Waals surface area contributed by atoms with Gasteiger partial charge in [0, 0.05) is 29.6 Å². The van der Waals surface area contributed by atoms with Gasteiger partial charge < -0.3 is 10.1 Å². The van der Waals surface area contributed by atoms with Crippen molar-refractivity contribution in [3.63, 3.8) is 0 Å². The number of nitrogens with one attached hydrogen (secondary N) is 1. The lowest BCUT2D eigenvalue weighted by Crippen LogP contribution is -2.37. The maximum Gasteiger partial charge on any atom is 0.145 e. The first-order valence-corrected chi connectivity index (χ1v) is 7.18. The lowest BCUT2D eigenvalue weighted by Gasteiger charge is -2.26. The number of benzene rings is 1. The number of pyridine rings is 1. The molecule has 0 unspecified atom stereocenters. The molecule has 0 aliphatic carbocycles. The van der Waals surface area contributed by atoms with E-state index in [1.165, 1.54) is 0 Å². The first kappa shape index (κ1) is 14.8. The lowest BCUT2D eigenvalue weighted by atomic mass is 9.94. The molecule has 0 fully saturated rings. The molecule has 1 heterocycles. The number of hydrogen-bond acceptors (Lipinski definition) is 3. The summed E-state index contributed by atoms with van der Waals surface area (Å²) in [4.78, 5) is 4.42. The van der Waals surface area contributed by atoms with Gasteiger partial charge in [0.1, 0.15) is 11.3 Å². The van der Waals surface area contributed by atoms with Gasteiger partial charge in [0.15, 0.2) is 0 Å². The molecule has 3 nitrogen and oxygen atoms in total. The summed E-state index contributed by atoms with van der Waals surface area (Å²) in [5.41, 5.74) is 1.02. The van der Waals surface area contributed by atoms with E-state index in [0.29, 0.717) is 12.6 Å². The Kier molecular flexibility index (Phi) is 4.61. The Morgan fingerprint density at radius 1 is 1.20 bits per heavy atom. The quantitative estimate of drug-likeness (QED) is 0.871. The molecule has 3 heteroatoms. The van der Waals surface area contributed by atoms with E-state index >= 15 is 0 Å². The van der Waals surface area contributed by atoms with E-state index in [2.05, 4.69) is 50.1 Å². The molecule has 0 bridgehead atoms. The molecule has 20 heavy (non-hydrogen) atoms. The van der Waals surface area contributed by atoms with E-state index in [9.17, 15) is 0 Å². The number of fused-ring (bicyclic) bond motifs is 1. The Morgan fingerprint density at radius 2 is 1.95 bits per heavy atom. The topological polar surface area (TPSA) is 34.1 Å². The van der Waals surface area contributed by atoms with Gasteiger partial charge in [-0.05, 0) is 12.1 Å². The third kappa shape index (κ3) is 3.94. The van der Waals surface area contributed by atoms with Crippen LogP contribution in [0.4, 0.5) is 0 Å². The van der Waals surface area contributed by atoms with E-state index in [1.54, 1.807) is 6.20 Å². The van der Waals surface area contributed by atoms with Crippen LogP contribution in [0, 0.1) is 5.41 Å². The molecule has 1 N–H and O–H groups in total. The minimum atomic E-state index is 0.0845. The molecule has 2 rings (SSSR count). The molecule has 108 valence electrons. The summed E-state index contributed by atoms with van der Waals surface area (Å²) in [6.45, 7) is 10.3. The number of para-hydroxylation sites is 1. The lowest BCUT2D eigenvalue weighted by molar-refractivity contribution is 0.175. The van der Waals surface area contributed by atoms with Gasteiger partial charge in [-0.2, -0.15) is 0 Å². The van der Waals surface area contributed by atoms with Gasteiger partial charge in [-0.3, -0.25) is 4.98 Å². The molecule has 1 aromatic heterocycles. The van der Waals surface area contributed by atoms with Crippen molar-refractivity contribution in [2.75, 3.05) is 13.2 Å². The van der Waals surface area contributed by atoms with Crippen LogP contribution >= 0.6 is 0 Å². The monoisotopic (exact) mass is 272 g/mol. The Bertz CT molecular complexity index is 558. The average molecular weight is 272 g/mol. The van der Waals surface area contributed by atoms with Crippen molar-refractivity contribution in [3.05, 3.63) is 36.5 Å². The summed E-state index contributed by atoms with van der Waals surface area (Å²) in [5.74, 6) is 0.862. The third-order valence-electron chi connectivity index (χ3n) is 3.20. The molecule has 2 aromatic rings.